The highest BCUT2D eigenvalue weighted by atomic mass is 16.7. The van der Waals surface area contributed by atoms with Crippen LogP contribution >= 0.6 is 0 Å². The Morgan fingerprint density at radius 3 is 1.21 bits per heavy atom. The molecule has 7 atom stereocenters. The van der Waals surface area contributed by atoms with Crippen LogP contribution in [0.1, 0.15) is 341 Å². The second-order valence-electron chi connectivity index (χ2n) is 24.9. The summed E-state index contributed by atoms with van der Waals surface area (Å²) in [5.41, 5.74) is 0. The van der Waals surface area contributed by atoms with Gasteiger partial charge in [-0.2, -0.15) is 0 Å². The molecule has 11 nitrogen and oxygen atoms in total. The average molecular weight is 1190 g/mol. The quantitative estimate of drug-likeness (QED) is 0.0195. The molecular weight excluding hydrogens is 1050 g/mol. The summed E-state index contributed by atoms with van der Waals surface area (Å²) in [4.78, 5) is 25.1. The highest BCUT2D eigenvalue weighted by Gasteiger charge is 2.44. The first-order valence-electron chi connectivity index (χ1n) is 35.9. The second kappa shape index (κ2) is 62.2. The number of aliphatic hydroxyl groups excluding tert-OH is 5. The highest BCUT2D eigenvalue weighted by molar-refractivity contribution is 5.76. The Balaban J connectivity index is 1.95. The largest absolute Gasteiger partial charge is 0.466 e. The molecule has 1 saturated heterocycles. The summed E-state index contributed by atoms with van der Waals surface area (Å²) < 4.78 is 16.7. The molecule has 11 heteroatoms. The summed E-state index contributed by atoms with van der Waals surface area (Å²) in [6.45, 7) is 4.30. The molecule has 0 aliphatic carbocycles. The molecule has 0 saturated carbocycles. The minimum Gasteiger partial charge on any atom is -0.466 e. The molecule has 1 rings (SSSR count). The van der Waals surface area contributed by atoms with Gasteiger partial charge in [0.2, 0.25) is 5.91 Å². The van der Waals surface area contributed by atoms with E-state index in [2.05, 4.69) is 55.6 Å². The lowest BCUT2D eigenvalue weighted by Gasteiger charge is -2.40. The number of aliphatic hydroxyl groups is 5. The van der Waals surface area contributed by atoms with Crippen LogP contribution < -0.4 is 5.32 Å². The van der Waals surface area contributed by atoms with Crippen LogP contribution in [-0.2, 0) is 23.8 Å². The number of amides is 1. The van der Waals surface area contributed by atoms with Crippen molar-refractivity contribution in [1.82, 2.24) is 5.32 Å². The maximum Gasteiger partial charge on any atom is 0.305 e. The van der Waals surface area contributed by atoms with E-state index in [1.165, 1.54) is 250 Å². The summed E-state index contributed by atoms with van der Waals surface area (Å²) in [7, 11) is 0. The Bertz CT molecular complexity index is 1530. The molecule has 0 aromatic carbocycles. The molecule has 1 fully saturated rings. The van der Waals surface area contributed by atoms with Gasteiger partial charge in [-0.05, 0) is 77.0 Å². The summed E-state index contributed by atoms with van der Waals surface area (Å²) in [6.07, 6.45) is 71.2. The number of hydrogen-bond acceptors (Lipinski definition) is 10. The third-order valence-electron chi connectivity index (χ3n) is 16.9. The molecule has 0 aromatic rings. The molecule has 0 aromatic heterocycles. The fraction of sp³-hybridized carbons (Fsp3) is 0.863. The monoisotopic (exact) mass is 1190 g/mol. The molecular formula is C73H135NO10. The smallest absolute Gasteiger partial charge is 0.305 e. The van der Waals surface area contributed by atoms with Gasteiger partial charge in [0.25, 0.3) is 0 Å². The van der Waals surface area contributed by atoms with Gasteiger partial charge in [0, 0.05) is 12.8 Å². The van der Waals surface area contributed by atoms with E-state index in [0.717, 1.165) is 64.2 Å². The number of ether oxygens (including phenoxy) is 3. The van der Waals surface area contributed by atoms with Crippen molar-refractivity contribution in [3.63, 3.8) is 0 Å². The minimum atomic E-state index is -1.58. The van der Waals surface area contributed by atoms with Crippen LogP contribution in [0.3, 0.4) is 0 Å². The number of unbranched alkanes of at least 4 members (excludes halogenated alkanes) is 43. The van der Waals surface area contributed by atoms with Gasteiger partial charge in [0.05, 0.1) is 32.0 Å². The van der Waals surface area contributed by atoms with Gasteiger partial charge in [-0.1, -0.05) is 300 Å². The van der Waals surface area contributed by atoms with Gasteiger partial charge >= 0.3 is 5.97 Å². The third kappa shape index (κ3) is 50.6. The van der Waals surface area contributed by atoms with Crippen LogP contribution in [0, 0.1) is 0 Å². The molecule has 6 N–H and O–H groups in total. The molecule has 0 bridgehead atoms. The average Bonchev–Trinajstić information content (AvgIpc) is 3.70. The number of carbonyl (C=O) groups is 2. The Morgan fingerprint density at radius 1 is 0.429 bits per heavy atom. The van der Waals surface area contributed by atoms with E-state index < -0.39 is 49.5 Å². The predicted octanol–water partition coefficient (Wildman–Crippen LogP) is 18.4. The van der Waals surface area contributed by atoms with Crippen molar-refractivity contribution in [3.8, 4) is 0 Å². The zero-order chi connectivity index (χ0) is 60.9. The molecule has 0 spiro atoms. The molecule has 1 aliphatic heterocycles. The molecule has 84 heavy (non-hydrogen) atoms. The molecule has 492 valence electrons. The first kappa shape index (κ1) is 79.6. The van der Waals surface area contributed by atoms with Crippen LogP contribution in [0.5, 0.6) is 0 Å². The van der Waals surface area contributed by atoms with E-state index in [4.69, 9.17) is 14.2 Å². The van der Waals surface area contributed by atoms with Crippen molar-refractivity contribution in [3.05, 3.63) is 48.6 Å². The van der Waals surface area contributed by atoms with Crippen LogP contribution in [0.4, 0.5) is 0 Å². The number of rotatable bonds is 63. The highest BCUT2D eigenvalue weighted by Crippen LogP contribution is 2.23. The zero-order valence-electron chi connectivity index (χ0n) is 54.6. The van der Waals surface area contributed by atoms with E-state index in [1.807, 2.05) is 6.08 Å². The molecule has 1 aliphatic rings. The van der Waals surface area contributed by atoms with Gasteiger partial charge in [-0.15, -0.1) is 0 Å². The molecule has 1 heterocycles. The third-order valence-corrected chi connectivity index (χ3v) is 16.9. The van der Waals surface area contributed by atoms with Crippen molar-refractivity contribution < 1.29 is 49.3 Å². The van der Waals surface area contributed by atoms with Crippen molar-refractivity contribution in [2.45, 2.75) is 384 Å². The minimum absolute atomic E-state index is 0.0108. The fourth-order valence-corrected chi connectivity index (χ4v) is 11.2. The van der Waals surface area contributed by atoms with Crippen molar-refractivity contribution >= 4 is 11.9 Å². The van der Waals surface area contributed by atoms with Crippen LogP contribution in [0.2, 0.25) is 0 Å². The Kier molecular flexibility index (Phi) is 59.0. The van der Waals surface area contributed by atoms with Gasteiger partial charge in [-0.25, -0.2) is 0 Å². The lowest BCUT2D eigenvalue weighted by Crippen LogP contribution is -2.60. The lowest BCUT2D eigenvalue weighted by molar-refractivity contribution is -0.302. The fourth-order valence-electron chi connectivity index (χ4n) is 11.2. The summed E-state index contributed by atoms with van der Waals surface area (Å²) in [6, 6.07) is -0.832. The number of carbonyl (C=O) groups excluding carboxylic acids is 2. The van der Waals surface area contributed by atoms with E-state index in [1.54, 1.807) is 6.08 Å². The van der Waals surface area contributed by atoms with Crippen molar-refractivity contribution in [2.75, 3.05) is 19.8 Å². The standard InChI is InChI=1S/C73H135NO10/c1-3-5-7-9-11-13-15-40-43-47-51-55-59-66(76)65(64-83-73-72(81)71(80)70(79)67(63-75)84-73)74-68(77)60-56-52-48-44-41-37-35-33-31-29-27-25-23-21-19-17-16-18-20-22-24-26-28-30-32-34-36-38-42-46-50-54-58-62-82-69(78)61-57-53-49-45-39-14-12-10-8-6-4-2/h9,11,20,22,40,43,55,59,65-67,70-73,75-76,79-81H,3-8,10,12-19,21,23-39,41-42,44-54,56-58,60-64H2,1-2H3,(H,74,77)/b11-9+,22-20-,43-40+,59-55+. The maximum absolute atomic E-state index is 13.0. The first-order valence-corrected chi connectivity index (χ1v) is 35.9. The summed E-state index contributed by atoms with van der Waals surface area (Å²) >= 11 is 0. The summed E-state index contributed by atoms with van der Waals surface area (Å²) in [5, 5.41) is 54.4. The van der Waals surface area contributed by atoms with E-state index in [0.29, 0.717) is 19.4 Å². The zero-order valence-corrected chi connectivity index (χ0v) is 54.6. The first-order chi connectivity index (χ1) is 41.2. The van der Waals surface area contributed by atoms with Crippen molar-refractivity contribution in [1.29, 1.82) is 0 Å². The Morgan fingerprint density at radius 2 is 0.786 bits per heavy atom. The van der Waals surface area contributed by atoms with E-state index in [-0.39, 0.29) is 18.5 Å². The molecule has 1 amide bonds. The van der Waals surface area contributed by atoms with Crippen LogP contribution in [0.25, 0.3) is 0 Å². The summed E-state index contributed by atoms with van der Waals surface area (Å²) in [5.74, 6) is -0.183. The second-order valence-corrected chi connectivity index (χ2v) is 24.9. The van der Waals surface area contributed by atoms with Gasteiger partial charge < -0.3 is 45.1 Å². The predicted molar refractivity (Wildman–Crippen MR) is 352 cm³/mol. The topological polar surface area (TPSA) is 175 Å². The SMILES string of the molecule is CCCC/C=C/CC/C=C/CC/C=C/C(O)C(COC1OC(CO)C(O)C(O)C1O)NC(=O)CCCCCCCCCCCCCCCCCCC/C=C\CCCCCCCCCCCCCCOC(=O)CCCCCCCCCCCCC. The molecule has 7 unspecified atom stereocenters. The number of allylic oxidation sites excluding steroid dienone is 7. The normalized spacial score (nSPS) is 18.3. The van der Waals surface area contributed by atoms with Crippen LogP contribution in [-0.4, -0.2) is 100 Å². The molecule has 0 radical (unpaired) electrons. The Hall–Kier alpha value is -2.38. The van der Waals surface area contributed by atoms with Crippen LogP contribution in [0.15, 0.2) is 48.6 Å². The van der Waals surface area contributed by atoms with E-state index in [9.17, 15) is 35.1 Å². The van der Waals surface area contributed by atoms with E-state index >= 15 is 0 Å². The van der Waals surface area contributed by atoms with Gasteiger partial charge in [-0.3, -0.25) is 9.59 Å². The number of esters is 1. The maximum atomic E-state index is 13.0. The number of hydrogen-bond donors (Lipinski definition) is 6. The van der Waals surface area contributed by atoms with Gasteiger partial charge in [0.1, 0.15) is 24.4 Å². The van der Waals surface area contributed by atoms with Gasteiger partial charge in [0.15, 0.2) is 6.29 Å². The number of nitrogens with one attached hydrogen (secondary N) is 1. The van der Waals surface area contributed by atoms with Crippen molar-refractivity contribution in [2.24, 2.45) is 0 Å². The lowest BCUT2D eigenvalue weighted by atomic mass is 9.99. The Labute approximate surface area is 516 Å².